The lowest BCUT2D eigenvalue weighted by atomic mass is 10.2. The van der Waals surface area contributed by atoms with Crippen molar-refractivity contribution in [3.63, 3.8) is 0 Å². The molecule has 6 heteroatoms. The molecule has 3 aromatic rings. The van der Waals surface area contributed by atoms with Crippen LogP contribution in [0, 0.1) is 0 Å². The molecule has 0 fully saturated rings. The number of rotatable bonds is 12. The Morgan fingerprint density at radius 1 is 0.346 bits per heavy atom. The molecule has 0 bridgehead atoms. The second-order valence-corrected chi connectivity index (χ2v) is 34.8. The number of aromatic nitrogens is 2. The van der Waals surface area contributed by atoms with Gasteiger partial charge in [0.15, 0.2) is 0 Å². The summed E-state index contributed by atoms with van der Waals surface area (Å²) in [6.45, 7) is 43.6. The summed E-state index contributed by atoms with van der Waals surface area (Å²) in [6, 6.07) is 23.2. The van der Waals surface area contributed by atoms with Gasteiger partial charge in [0.1, 0.15) is 0 Å². The van der Waals surface area contributed by atoms with Gasteiger partial charge in [-0.2, -0.15) is 0 Å². The van der Waals surface area contributed by atoms with Gasteiger partial charge in [0.05, 0.1) is 0 Å². The fraction of sp³-hybridized carbons (Fsp3) is 0.652. The van der Waals surface area contributed by atoms with Crippen LogP contribution in [-0.4, -0.2) is 40.9 Å². The van der Waals surface area contributed by atoms with E-state index in [0.29, 0.717) is 20.6 Å². The third kappa shape index (κ3) is 14.4. The molecule has 52 heavy (non-hydrogen) atoms. The zero-order chi connectivity index (χ0) is 39.5. The van der Waals surface area contributed by atoms with Crippen molar-refractivity contribution in [2.45, 2.75) is 193 Å². The molecule has 2 unspecified atom stereocenters. The van der Waals surface area contributed by atoms with Crippen LogP contribution in [0.5, 0.6) is 0 Å². The number of hydrogen-bond acceptors (Lipinski definition) is 2. The molecule has 3 rings (SSSR count). The van der Waals surface area contributed by atoms with Crippen LogP contribution in [0.15, 0.2) is 60.7 Å². The van der Waals surface area contributed by atoms with Gasteiger partial charge in [0.25, 0.3) is 0 Å². The maximum absolute atomic E-state index is 5.33. The van der Waals surface area contributed by atoms with Crippen LogP contribution in [-0.2, 0) is 37.0 Å². The van der Waals surface area contributed by atoms with Gasteiger partial charge in [-0.25, -0.2) is 0 Å². The van der Waals surface area contributed by atoms with Gasteiger partial charge < -0.3 is 0 Å². The van der Waals surface area contributed by atoms with Crippen molar-refractivity contribution >= 4 is 31.7 Å². The molecule has 2 nitrogen and oxygen atoms in total. The Morgan fingerprint density at radius 3 is 0.885 bits per heavy atom. The van der Waals surface area contributed by atoms with E-state index in [2.05, 4.69) is 185 Å². The molecule has 2 atom stereocenters. The summed E-state index contributed by atoms with van der Waals surface area (Å²) < 4.78 is 0. The first kappa shape index (κ1) is 45.6. The van der Waals surface area contributed by atoms with E-state index < -0.39 is 0 Å². The van der Waals surface area contributed by atoms with E-state index >= 15 is 0 Å². The molecule has 0 aliphatic heterocycles. The smallest absolute Gasteiger partial charge is 0.0450 e. The molecule has 290 valence electrons. The van der Waals surface area contributed by atoms with Crippen LogP contribution in [0.25, 0.3) is 0 Å². The van der Waals surface area contributed by atoms with Gasteiger partial charge in [-0.3, -0.25) is 9.97 Å². The molecule has 0 radical (unpaired) electrons. The Labute approximate surface area is 327 Å². The summed E-state index contributed by atoms with van der Waals surface area (Å²) in [5.41, 5.74) is 8.07. The molecule has 0 saturated carbocycles. The van der Waals surface area contributed by atoms with Crippen LogP contribution in [0.3, 0.4) is 0 Å². The topological polar surface area (TPSA) is 25.8 Å². The number of nitrogens with zero attached hydrogens (tertiary/aromatic N) is 2. The average molecular weight is 781 g/mol. The van der Waals surface area contributed by atoms with Crippen LogP contribution in [0.2, 0.25) is 0 Å². The largest absolute Gasteiger partial charge is 0.257 e. The van der Waals surface area contributed by atoms with Gasteiger partial charge >= 0.3 is 0 Å². The van der Waals surface area contributed by atoms with E-state index in [1.54, 1.807) is 0 Å². The molecular formula is C46H76N2P4. The normalized spacial score (nSPS) is 15.0. The quantitative estimate of drug-likeness (QED) is 0.171. The highest BCUT2D eigenvalue weighted by Gasteiger charge is 2.36. The van der Waals surface area contributed by atoms with Gasteiger partial charge in [0, 0.05) is 47.4 Å². The highest BCUT2D eigenvalue weighted by atomic mass is 31.1. The molecule has 0 aliphatic carbocycles. The van der Waals surface area contributed by atoms with Crippen LogP contribution in [0.4, 0.5) is 0 Å². The highest BCUT2D eigenvalue weighted by Crippen LogP contribution is 2.62. The first-order valence-electron chi connectivity index (χ1n) is 19.6. The van der Waals surface area contributed by atoms with Crippen molar-refractivity contribution in [1.29, 1.82) is 0 Å². The summed E-state index contributed by atoms with van der Waals surface area (Å²) in [7, 11) is -1.08. The minimum Gasteiger partial charge on any atom is -0.257 e. The summed E-state index contributed by atoms with van der Waals surface area (Å²) in [5, 5.41) is 1.66. The summed E-state index contributed by atoms with van der Waals surface area (Å²) >= 11 is 0. The Bertz CT molecular complexity index is 1430. The highest BCUT2D eigenvalue weighted by molar-refractivity contribution is 7.60. The van der Waals surface area contributed by atoms with Crippen molar-refractivity contribution in [3.8, 4) is 0 Å². The average Bonchev–Trinajstić information content (AvgIpc) is 2.95. The molecule has 0 amide bonds. The van der Waals surface area contributed by atoms with Crippen molar-refractivity contribution in [1.82, 2.24) is 9.97 Å². The summed E-state index contributed by atoms with van der Waals surface area (Å²) in [4.78, 5) is 10.7. The number of pyridine rings is 2. The summed E-state index contributed by atoms with van der Waals surface area (Å²) in [6.07, 6.45) is 6.61. The molecular weight excluding hydrogens is 704 g/mol. The van der Waals surface area contributed by atoms with E-state index in [1.807, 2.05) is 0 Å². The van der Waals surface area contributed by atoms with E-state index in [9.17, 15) is 0 Å². The van der Waals surface area contributed by atoms with Crippen LogP contribution < -0.4 is 0 Å². The van der Waals surface area contributed by atoms with Crippen molar-refractivity contribution in [3.05, 3.63) is 94.6 Å². The Balaban J connectivity index is 1.81. The van der Waals surface area contributed by atoms with Gasteiger partial charge in [0.2, 0.25) is 0 Å². The van der Waals surface area contributed by atoms with E-state index in [1.165, 1.54) is 33.9 Å². The van der Waals surface area contributed by atoms with Gasteiger partial charge in [-0.1, -0.05) is 193 Å². The van der Waals surface area contributed by atoms with Crippen LogP contribution >= 0.6 is 31.7 Å². The van der Waals surface area contributed by atoms with E-state index in [4.69, 9.17) is 9.97 Å². The fourth-order valence-corrected chi connectivity index (χ4v) is 18.9. The minimum absolute atomic E-state index is 0.224. The minimum atomic E-state index is -0.316. The lowest BCUT2D eigenvalue weighted by Gasteiger charge is -2.41. The zero-order valence-electron chi connectivity index (χ0n) is 36.7. The zero-order valence-corrected chi connectivity index (χ0v) is 40.3. The maximum Gasteiger partial charge on any atom is 0.0450 e. The monoisotopic (exact) mass is 780 g/mol. The molecule has 2 aromatic heterocycles. The third-order valence-electron chi connectivity index (χ3n) is 9.95. The standard InChI is InChI=1S/C46H76N2P4/c1-41(2,3)49(31-37-24-20-26-39(47-37)33-51(43(7,8)9)44(10,11)12)29-35-22-19-23-36(28-35)30-50(42(4,5)6)32-38-25-21-27-40(48-38)34-52(45(13,14)15)46(16,17)18/h19-28H,29-34H2,1-18H3. The van der Waals surface area contributed by atoms with Crippen LogP contribution in [0.1, 0.15) is 159 Å². The third-order valence-corrected chi connectivity index (χ3v) is 24.4. The predicted molar refractivity (Wildman–Crippen MR) is 243 cm³/mol. The second-order valence-electron chi connectivity index (χ2n) is 21.0. The lowest BCUT2D eigenvalue weighted by molar-refractivity contribution is 0.701. The van der Waals surface area contributed by atoms with Crippen molar-refractivity contribution in [2.75, 3.05) is 0 Å². The Morgan fingerprint density at radius 2 is 0.615 bits per heavy atom. The second kappa shape index (κ2) is 17.6. The molecule has 0 spiro atoms. The molecule has 0 saturated heterocycles. The van der Waals surface area contributed by atoms with E-state index in [0.717, 1.165) is 37.0 Å². The van der Waals surface area contributed by atoms with E-state index in [-0.39, 0.29) is 42.0 Å². The molecule has 1 aromatic carbocycles. The SMILES string of the molecule is CC(C)(C)P(Cc1cccc(CP(Cc2cccc(CP(C(C)(C)C)C(C)(C)C)n2)C(C)(C)C)c1)Cc1cccc(CP(C(C)(C)C)C(C)(C)C)n1. The van der Waals surface area contributed by atoms with Gasteiger partial charge in [-0.15, -0.1) is 0 Å². The summed E-state index contributed by atoms with van der Waals surface area (Å²) in [5.74, 6) is 0. The van der Waals surface area contributed by atoms with Crippen molar-refractivity contribution in [2.24, 2.45) is 0 Å². The molecule has 0 N–H and O–H groups in total. The Kier molecular flexibility index (Phi) is 15.4. The first-order chi connectivity index (χ1) is 23.5. The lowest BCUT2D eigenvalue weighted by Crippen LogP contribution is -2.26. The van der Waals surface area contributed by atoms with Crippen molar-refractivity contribution < 1.29 is 0 Å². The first-order valence-corrected chi connectivity index (χ1v) is 26.0. The molecule has 0 aliphatic rings. The fourth-order valence-electron chi connectivity index (χ4n) is 7.41. The number of benzene rings is 1. The molecule has 2 heterocycles. The predicted octanol–water partition coefficient (Wildman–Crippen LogP) is 15.6. The maximum atomic E-state index is 5.33. The Hall–Kier alpha value is -0.760. The number of hydrogen-bond donors (Lipinski definition) is 0. The van der Waals surface area contributed by atoms with Gasteiger partial charge in [-0.05, 0) is 78.7 Å².